The lowest BCUT2D eigenvalue weighted by molar-refractivity contribution is -0.136. The van der Waals surface area contributed by atoms with Gasteiger partial charge in [-0.1, -0.05) is 24.3 Å². The van der Waals surface area contributed by atoms with Crippen molar-refractivity contribution >= 4 is 13.6 Å². The minimum atomic E-state index is -3.94. The molecular weight excluding hydrogens is 293 g/mol. The summed E-state index contributed by atoms with van der Waals surface area (Å²) in [5.41, 5.74) is 0.921. The second kappa shape index (κ2) is 6.52. The van der Waals surface area contributed by atoms with Gasteiger partial charge in [-0.3, -0.25) is 9.78 Å². The van der Waals surface area contributed by atoms with E-state index in [1.807, 2.05) is 0 Å². The molecule has 7 heteroatoms. The van der Waals surface area contributed by atoms with Crippen molar-refractivity contribution in [2.24, 2.45) is 0 Å². The van der Waals surface area contributed by atoms with Crippen molar-refractivity contribution in [3.05, 3.63) is 59.9 Å². The van der Waals surface area contributed by atoms with Crippen LogP contribution < -0.4 is 4.52 Å². The number of hydrogen-bond donors (Lipinski definition) is 2. The van der Waals surface area contributed by atoms with Crippen LogP contribution in [0.25, 0.3) is 0 Å². The third kappa shape index (κ3) is 4.70. The summed E-state index contributed by atoms with van der Waals surface area (Å²) in [6.07, 6.45) is 2.58. The number of rotatable bonds is 6. The molecule has 1 heterocycles. The van der Waals surface area contributed by atoms with E-state index in [1.54, 1.807) is 36.5 Å². The normalized spacial score (nSPS) is 13.4. The molecule has 0 amide bonds. The smallest absolute Gasteiger partial charge is 0.381 e. The minimum absolute atomic E-state index is 0.106. The van der Waals surface area contributed by atoms with Crippen LogP contribution in [0, 0.1) is 0 Å². The van der Waals surface area contributed by atoms with E-state index in [2.05, 4.69) is 4.98 Å². The van der Waals surface area contributed by atoms with Gasteiger partial charge in [0.1, 0.15) is 5.75 Å². The second-order valence-corrected chi connectivity index (χ2v) is 6.20. The summed E-state index contributed by atoms with van der Waals surface area (Å²) in [7, 11) is -3.94. The molecule has 0 radical (unpaired) electrons. The molecule has 1 unspecified atom stereocenters. The average Bonchev–Trinajstić information content (AvgIpc) is 2.41. The predicted molar refractivity (Wildman–Crippen MR) is 76.2 cm³/mol. The number of aliphatic carboxylic acids is 1. The fourth-order valence-electron chi connectivity index (χ4n) is 1.81. The number of pyridine rings is 1. The highest BCUT2D eigenvalue weighted by atomic mass is 31.2. The topological polar surface area (TPSA) is 96.7 Å². The molecule has 21 heavy (non-hydrogen) atoms. The molecule has 0 saturated carbocycles. The van der Waals surface area contributed by atoms with Gasteiger partial charge in [-0.05, 0) is 17.7 Å². The molecule has 2 rings (SSSR count). The zero-order valence-electron chi connectivity index (χ0n) is 11.0. The van der Waals surface area contributed by atoms with Gasteiger partial charge in [0.15, 0.2) is 0 Å². The van der Waals surface area contributed by atoms with Crippen molar-refractivity contribution in [1.29, 1.82) is 0 Å². The highest BCUT2D eigenvalue weighted by molar-refractivity contribution is 7.52. The molecule has 1 atom stereocenters. The predicted octanol–water partition coefficient (Wildman–Crippen LogP) is 2.47. The molecular formula is C14H14NO5P. The van der Waals surface area contributed by atoms with E-state index in [0.717, 1.165) is 0 Å². The fourth-order valence-corrected chi connectivity index (χ4v) is 3.01. The molecule has 0 fully saturated rings. The summed E-state index contributed by atoms with van der Waals surface area (Å²) in [6, 6.07) is 9.62. The van der Waals surface area contributed by atoms with Crippen LogP contribution in [0.3, 0.4) is 0 Å². The first kappa shape index (κ1) is 15.2. The molecule has 0 aliphatic rings. The van der Waals surface area contributed by atoms with Gasteiger partial charge in [-0.15, -0.1) is 0 Å². The molecule has 0 aliphatic carbocycles. The van der Waals surface area contributed by atoms with Crippen LogP contribution in [0.4, 0.5) is 0 Å². The Kier molecular flexibility index (Phi) is 4.73. The third-order valence-corrected chi connectivity index (χ3v) is 3.91. The van der Waals surface area contributed by atoms with E-state index in [1.165, 1.54) is 12.3 Å². The SMILES string of the molecule is O=C(O)Cc1ccccc1OP(=O)(O)Cc1cccnc1. The van der Waals surface area contributed by atoms with Gasteiger partial charge >= 0.3 is 13.6 Å². The Hall–Kier alpha value is -2.17. The van der Waals surface area contributed by atoms with Gasteiger partial charge in [0.2, 0.25) is 0 Å². The van der Waals surface area contributed by atoms with E-state index in [-0.39, 0.29) is 18.3 Å². The van der Waals surface area contributed by atoms with Gasteiger partial charge < -0.3 is 14.5 Å². The summed E-state index contributed by atoms with van der Waals surface area (Å²) in [4.78, 5) is 24.6. The Morgan fingerprint density at radius 3 is 2.67 bits per heavy atom. The molecule has 0 bridgehead atoms. The van der Waals surface area contributed by atoms with E-state index < -0.39 is 13.6 Å². The van der Waals surface area contributed by atoms with Gasteiger partial charge in [-0.2, -0.15) is 0 Å². The van der Waals surface area contributed by atoms with E-state index >= 15 is 0 Å². The number of para-hydroxylation sites is 1. The van der Waals surface area contributed by atoms with Crippen LogP contribution in [-0.2, 0) is 21.9 Å². The first-order chi connectivity index (χ1) is 9.96. The summed E-state index contributed by atoms with van der Waals surface area (Å²) >= 11 is 0. The Morgan fingerprint density at radius 2 is 2.00 bits per heavy atom. The summed E-state index contributed by atoms with van der Waals surface area (Å²) in [6.45, 7) is 0. The number of carboxylic acids is 1. The number of hydrogen-bond acceptors (Lipinski definition) is 4. The number of nitrogens with zero attached hydrogens (tertiary/aromatic N) is 1. The van der Waals surface area contributed by atoms with E-state index in [9.17, 15) is 14.3 Å². The molecule has 1 aromatic heterocycles. The van der Waals surface area contributed by atoms with Crippen molar-refractivity contribution in [3.63, 3.8) is 0 Å². The number of carbonyl (C=O) groups is 1. The molecule has 110 valence electrons. The van der Waals surface area contributed by atoms with Gasteiger partial charge in [0.25, 0.3) is 0 Å². The van der Waals surface area contributed by atoms with Gasteiger partial charge in [-0.25, -0.2) is 4.57 Å². The number of aromatic nitrogens is 1. The van der Waals surface area contributed by atoms with Gasteiger partial charge in [0, 0.05) is 18.0 Å². The van der Waals surface area contributed by atoms with Crippen LogP contribution in [-0.4, -0.2) is 21.0 Å². The van der Waals surface area contributed by atoms with Crippen LogP contribution in [0.15, 0.2) is 48.8 Å². The summed E-state index contributed by atoms with van der Waals surface area (Å²) in [5, 5.41) is 8.83. The quantitative estimate of drug-likeness (QED) is 0.796. The molecule has 1 aromatic carbocycles. The van der Waals surface area contributed by atoms with Crippen LogP contribution in [0.1, 0.15) is 11.1 Å². The van der Waals surface area contributed by atoms with Gasteiger partial charge in [0.05, 0.1) is 12.6 Å². The monoisotopic (exact) mass is 307 g/mol. The Morgan fingerprint density at radius 1 is 1.24 bits per heavy atom. The maximum Gasteiger partial charge on any atom is 0.381 e. The highest BCUT2D eigenvalue weighted by Gasteiger charge is 2.23. The first-order valence-electron chi connectivity index (χ1n) is 6.16. The van der Waals surface area contributed by atoms with Crippen molar-refractivity contribution in [1.82, 2.24) is 4.98 Å². The van der Waals surface area contributed by atoms with Crippen molar-refractivity contribution in [2.45, 2.75) is 12.6 Å². The summed E-state index contributed by atoms with van der Waals surface area (Å²) in [5.74, 6) is -0.930. The second-order valence-electron chi connectivity index (χ2n) is 4.43. The number of benzene rings is 1. The zero-order chi connectivity index (χ0) is 15.3. The summed E-state index contributed by atoms with van der Waals surface area (Å²) < 4.78 is 17.3. The highest BCUT2D eigenvalue weighted by Crippen LogP contribution is 2.46. The maximum absolute atomic E-state index is 12.1. The molecule has 0 spiro atoms. The largest absolute Gasteiger partial charge is 0.481 e. The lowest BCUT2D eigenvalue weighted by atomic mass is 10.1. The van der Waals surface area contributed by atoms with Crippen LogP contribution in [0.5, 0.6) is 5.75 Å². The molecule has 0 aliphatic heterocycles. The van der Waals surface area contributed by atoms with E-state index in [0.29, 0.717) is 11.1 Å². The lowest BCUT2D eigenvalue weighted by Gasteiger charge is -2.15. The maximum atomic E-state index is 12.1. The fraction of sp³-hybridized carbons (Fsp3) is 0.143. The molecule has 2 N–H and O–H groups in total. The zero-order valence-corrected chi connectivity index (χ0v) is 11.9. The van der Waals surface area contributed by atoms with Crippen molar-refractivity contribution < 1.29 is 23.9 Å². The third-order valence-electron chi connectivity index (χ3n) is 2.66. The number of carboxylic acid groups (broad SMARTS) is 1. The average molecular weight is 307 g/mol. The molecule has 0 saturated heterocycles. The van der Waals surface area contributed by atoms with Crippen LogP contribution in [0.2, 0.25) is 0 Å². The lowest BCUT2D eigenvalue weighted by Crippen LogP contribution is -2.04. The van der Waals surface area contributed by atoms with E-state index in [4.69, 9.17) is 9.63 Å². The Labute approximate surface area is 121 Å². The Balaban J connectivity index is 2.17. The van der Waals surface area contributed by atoms with Crippen molar-refractivity contribution in [2.75, 3.05) is 0 Å². The Bertz CT molecular complexity index is 674. The first-order valence-corrected chi connectivity index (χ1v) is 7.92. The standard InChI is InChI=1S/C14H14NO5P/c16-14(17)8-12-5-1-2-6-13(12)20-21(18,19)10-11-4-3-7-15-9-11/h1-7,9H,8,10H2,(H,16,17)(H,18,19). The van der Waals surface area contributed by atoms with Crippen LogP contribution >= 0.6 is 7.60 Å². The molecule has 2 aromatic rings. The van der Waals surface area contributed by atoms with Crippen molar-refractivity contribution in [3.8, 4) is 5.75 Å². The molecule has 6 nitrogen and oxygen atoms in total. The minimum Gasteiger partial charge on any atom is -0.481 e.